The van der Waals surface area contributed by atoms with E-state index in [9.17, 15) is 28.9 Å². The molecule has 0 bridgehead atoms. The number of aromatic nitrogens is 1. The van der Waals surface area contributed by atoms with Crippen LogP contribution in [0, 0.1) is 15.9 Å². The molecule has 0 fully saturated rings. The molecule has 29 heavy (non-hydrogen) atoms. The minimum atomic E-state index is -0.694. The van der Waals surface area contributed by atoms with Gasteiger partial charge in [0.05, 0.1) is 16.5 Å². The number of non-ortho nitro benzene ring substituents is 1. The molecule has 0 radical (unpaired) electrons. The highest BCUT2D eigenvalue weighted by Crippen LogP contribution is 2.20. The molecule has 0 aliphatic carbocycles. The average Bonchev–Trinajstić information content (AvgIpc) is 3.01. The number of benzene rings is 2. The van der Waals surface area contributed by atoms with Gasteiger partial charge in [-0.1, -0.05) is 0 Å². The lowest BCUT2D eigenvalue weighted by molar-refractivity contribution is -0.384. The fraction of sp³-hybridized carbons (Fsp3) is 0.211. The molecule has 0 aliphatic heterocycles. The summed E-state index contributed by atoms with van der Waals surface area (Å²) in [5, 5.41) is 10.8. The fourth-order valence-electron chi connectivity index (χ4n) is 2.70. The monoisotopic (exact) mass is 402 g/mol. The van der Waals surface area contributed by atoms with Crippen LogP contribution in [0.15, 0.2) is 51.7 Å². The van der Waals surface area contributed by atoms with Crippen LogP contribution in [0.4, 0.5) is 10.1 Å². The molecule has 150 valence electrons. The highest BCUT2D eigenvalue weighted by molar-refractivity contribution is 5.97. The minimum absolute atomic E-state index is 0.0528. The standard InChI is InChI=1S/C19H15FN2O7/c20-13-5-3-12(4-6-13)16(23)11-28-18(24)2-1-9-21-15-8-7-14(22(26)27)10-17(15)29-19(21)25/h3-8,10H,1-2,9,11H2. The number of halogens is 1. The molecule has 3 aromatic rings. The van der Waals surface area contributed by atoms with Crippen LogP contribution in [-0.4, -0.2) is 27.8 Å². The first kappa shape index (κ1) is 19.9. The first-order valence-electron chi connectivity index (χ1n) is 8.57. The summed E-state index contributed by atoms with van der Waals surface area (Å²) in [7, 11) is 0. The van der Waals surface area contributed by atoms with Gasteiger partial charge in [0, 0.05) is 24.6 Å². The predicted molar refractivity (Wildman–Crippen MR) is 98.1 cm³/mol. The molecule has 0 amide bonds. The summed E-state index contributed by atoms with van der Waals surface area (Å²) in [6, 6.07) is 8.68. The number of nitro benzene ring substituents is 1. The number of rotatable bonds is 8. The Kier molecular flexibility index (Phi) is 5.82. The number of Topliss-reactive ketones (excluding diaryl/α,β-unsaturated/α-hetero) is 1. The number of ketones is 1. The van der Waals surface area contributed by atoms with Crippen LogP contribution in [0.2, 0.25) is 0 Å². The van der Waals surface area contributed by atoms with Crippen molar-refractivity contribution in [1.29, 1.82) is 0 Å². The van der Waals surface area contributed by atoms with E-state index in [2.05, 4.69) is 0 Å². The number of carbonyl (C=O) groups excluding carboxylic acids is 2. The van der Waals surface area contributed by atoms with Gasteiger partial charge >= 0.3 is 11.7 Å². The maximum atomic E-state index is 12.8. The summed E-state index contributed by atoms with van der Waals surface area (Å²) in [5.74, 6) is -2.26. The molecule has 0 saturated heterocycles. The zero-order valence-corrected chi connectivity index (χ0v) is 15.0. The zero-order valence-electron chi connectivity index (χ0n) is 15.0. The van der Waals surface area contributed by atoms with Gasteiger partial charge in [-0.15, -0.1) is 0 Å². The molecule has 2 aromatic carbocycles. The number of nitro groups is 1. The summed E-state index contributed by atoms with van der Waals surface area (Å²) in [6.07, 6.45) is 0.178. The number of aryl methyl sites for hydroxylation is 1. The van der Waals surface area contributed by atoms with E-state index < -0.39 is 34.9 Å². The molecule has 0 atom stereocenters. The van der Waals surface area contributed by atoms with Crippen LogP contribution in [0.1, 0.15) is 23.2 Å². The molecule has 3 rings (SSSR count). The predicted octanol–water partition coefficient (Wildman–Crippen LogP) is 2.85. The second kappa shape index (κ2) is 8.46. The Bertz CT molecular complexity index is 1130. The lowest BCUT2D eigenvalue weighted by Gasteiger charge is -2.05. The third-order valence-electron chi connectivity index (χ3n) is 4.16. The van der Waals surface area contributed by atoms with Gasteiger partial charge in [0.2, 0.25) is 0 Å². The number of fused-ring (bicyclic) bond motifs is 1. The largest absolute Gasteiger partial charge is 0.457 e. The van der Waals surface area contributed by atoms with Crippen molar-refractivity contribution in [3.05, 3.63) is 74.5 Å². The maximum absolute atomic E-state index is 12.8. The van der Waals surface area contributed by atoms with Crippen molar-refractivity contribution in [3.8, 4) is 0 Å². The molecule has 0 saturated carbocycles. The summed E-state index contributed by atoms with van der Waals surface area (Å²) in [6.45, 7) is -0.340. The van der Waals surface area contributed by atoms with Crippen LogP contribution in [-0.2, 0) is 16.1 Å². The number of carbonyl (C=O) groups is 2. The number of esters is 1. The van der Waals surface area contributed by atoms with Gasteiger partial charge in [-0.2, -0.15) is 0 Å². The summed E-state index contributed by atoms with van der Waals surface area (Å²) in [5.41, 5.74) is 0.481. The molecular formula is C19H15FN2O7. The lowest BCUT2D eigenvalue weighted by atomic mass is 10.1. The first-order chi connectivity index (χ1) is 13.8. The van der Waals surface area contributed by atoms with E-state index >= 15 is 0 Å². The molecular weight excluding hydrogens is 387 g/mol. The molecule has 0 aliphatic rings. The van der Waals surface area contributed by atoms with Crippen LogP contribution >= 0.6 is 0 Å². The molecule has 0 spiro atoms. The molecule has 1 heterocycles. The Hall–Kier alpha value is -3.82. The highest BCUT2D eigenvalue weighted by atomic mass is 19.1. The van der Waals surface area contributed by atoms with Crippen molar-refractivity contribution in [2.45, 2.75) is 19.4 Å². The van der Waals surface area contributed by atoms with Gasteiger partial charge in [-0.25, -0.2) is 9.18 Å². The Morgan fingerprint density at radius 1 is 1.17 bits per heavy atom. The van der Waals surface area contributed by atoms with Crippen molar-refractivity contribution >= 4 is 28.5 Å². The van der Waals surface area contributed by atoms with E-state index in [0.29, 0.717) is 5.52 Å². The van der Waals surface area contributed by atoms with Gasteiger partial charge in [0.15, 0.2) is 18.0 Å². The van der Waals surface area contributed by atoms with Gasteiger partial charge in [0.25, 0.3) is 5.69 Å². The number of oxazole rings is 1. The minimum Gasteiger partial charge on any atom is -0.457 e. The van der Waals surface area contributed by atoms with Crippen molar-refractivity contribution in [2.24, 2.45) is 0 Å². The maximum Gasteiger partial charge on any atom is 0.419 e. The van der Waals surface area contributed by atoms with Gasteiger partial charge in [0.1, 0.15) is 5.82 Å². The summed E-state index contributed by atoms with van der Waals surface area (Å²) < 4.78 is 24.0. The average molecular weight is 402 g/mol. The fourth-order valence-corrected chi connectivity index (χ4v) is 2.70. The molecule has 1 aromatic heterocycles. The molecule has 0 N–H and O–H groups in total. The van der Waals surface area contributed by atoms with E-state index in [-0.39, 0.29) is 36.2 Å². The zero-order chi connectivity index (χ0) is 21.0. The quantitative estimate of drug-likeness (QED) is 0.246. The number of hydrogen-bond donors (Lipinski definition) is 0. The van der Waals surface area contributed by atoms with Crippen molar-refractivity contribution in [1.82, 2.24) is 4.57 Å². The molecule has 0 unspecified atom stereocenters. The smallest absolute Gasteiger partial charge is 0.419 e. The van der Waals surface area contributed by atoms with Gasteiger partial charge in [-0.3, -0.25) is 24.3 Å². The van der Waals surface area contributed by atoms with E-state index in [1.807, 2.05) is 0 Å². The van der Waals surface area contributed by atoms with Crippen molar-refractivity contribution in [3.63, 3.8) is 0 Å². The SMILES string of the molecule is O=C(CCCn1c(=O)oc2cc([N+](=O)[O-])ccc21)OCC(=O)c1ccc(F)cc1. The lowest BCUT2D eigenvalue weighted by Crippen LogP contribution is -2.17. The third kappa shape index (κ3) is 4.72. The summed E-state index contributed by atoms with van der Waals surface area (Å²) >= 11 is 0. The van der Waals surface area contributed by atoms with Crippen LogP contribution in [0.25, 0.3) is 11.1 Å². The molecule has 10 heteroatoms. The van der Waals surface area contributed by atoms with Crippen LogP contribution < -0.4 is 5.76 Å². The molecule has 9 nitrogen and oxygen atoms in total. The number of hydrogen-bond acceptors (Lipinski definition) is 7. The highest BCUT2D eigenvalue weighted by Gasteiger charge is 2.15. The Morgan fingerprint density at radius 3 is 2.59 bits per heavy atom. The second-order valence-electron chi connectivity index (χ2n) is 6.12. The van der Waals surface area contributed by atoms with Gasteiger partial charge in [-0.05, 0) is 36.8 Å². The second-order valence-corrected chi connectivity index (χ2v) is 6.12. The normalized spacial score (nSPS) is 10.8. The summed E-state index contributed by atoms with van der Waals surface area (Å²) in [4.78, 5) is 45.8. The Balaban J connectivity index is 1.53. The number of ether oxygens (including phenoxy) is 1. The Morgan fingerprint density at radius 2 is 1.90 bits per heavy atom. The van der Waals surface area contributed by atoms with E-state index in [1.165, 1.54) is 28.8 Å². The first-order valence-corrected chi connectivity index (χ1v) is 8.57. The van der Waals surface area contributed by atoms with Crippen molar-refractivity contribution < 1.29 is 28.1 Å². The van der Waals surface area contributed by atoms with Crippen LogP contribution in [0.3, 0.4) is 0 Å². The Labute approximate surface area is 162 Å². The topological polar surface area (TPSA) is 122 Å². The van der Waals surface area contributed by atoms with Crippen LogP contribution in [0.5, 0.6) is 0 Å². The van der Waals surface area contributed by atoms with Crippen molar-refractivity contribution in [2.75, 3.05) is 6.61 Å². The van der Waals surface area contributed by atoms with E-state index in [1.54, 1.807) is 0 Å². The van der Waals surface area contributed by atoms with E-state index in [4.69, 9.17) is 9.15 Å². The third-order valence-corrected chi connectivity index (χ3v) is 4.16. The van der Waals surface area contributed by atoms with Gasteiger partial charge < -0.3 is 9.15 Å². The number of nitrogens with zero attached hydrogens (tertiary/aromatic N) is 2. The van der Waals surface area contributed by atoms with E-state index in [0.717, 1.165) is 18.2 Å².